The Morgan fingerprint density at radius 3 is 1.93 bits per heavy atom. The van der Waals surface area contributed by atoms with Gasteiger partial charge in [0.2, 0.25) is 0 Å². The minimum absolute atomic E-state index is 1.20. The summed E-state index contributed by atoms with van der Waals surface area (Å²) in [5.74, 6) is 0. The van der Waals surface area contributed by atoms with Crippen LogP contribution in [0, 0.1) is 0 Å². The Labute approximate surface area is 98.4 Å². The molecule has 2 rings (SSSR count). The predicted octanol–water partition coefficient (Wildman–Crippen LogP) is 4.72. The van der Waals surface area contributed by atoms with Gasteiger partial charge in [0.25, 0.3) is 0 Å². The summed E-state index contributed by atoms with van der Waals surface area (Å²) in [4.78, 5) is 1.87. The Bertz CT molecular complexity index is 441. The molecule has 0 bridgehead atoms. The quantitative estimate of drug-likeness (QED) is 0.732. The van der Waals surface area contributed by atoms with Crippen molar-refractivity contribution in [2.45, 2.75) is 0 Å². The number of benzene rings is 2. The summed E-state index contributed by atoms with van der Waals surface area (Å²) in [5.41, 5.74) is 3.71. The Kier molecular flexibility index (Phi) is 3.36. The van der Waals surface area contributed by atoms with Gasteiger partial charge in [0.05, 0.1) is 0 Å². The maximum absolute atomic E-state index is 3.27. The smallest absolute Gasteiger partial charge is 0.0183 e. The Morgan fingerprint density at radius 1 is 0.733 bits per heavy atom. The molecule has 0 aliphatic carbocycles. The van der Waals surface area contributed by atoms with Crippen molar-refractivity contribution in [2.75, 3.05) is 0 Å². The van der Waals surface area contributed by atoms with Crippen molar-refractivity contribution in [1.82, 2.24) is 0 Å². The molecule has 0 nitrogen and oxygen atoms in total. The van der Waals surface area contributed by atoms with Crippen LogP contribution in [-0.4, -0.2) is 0 Å². The third kappa shape index (κ3) is 2.57. The molecule has 2 aromatic rings. The van der Waals surface area contributed by atoms with Crippen LogP contribution in [-0.2, 0) is 0 Å². The molecule has 0 aromatic heterocycles. The van der Waals surface area contributed by atoms with E-state index in [4.69, 9.17) is 0 Å². The lowest BCUT2D eigenvalue weighted by Crippen LogP contribution is -1.77. The SMILES string of the molecule is Br/C=C/c1ccc(-c2ccccc2)cc1. The molecule has 0 atom stereocenters. The fourth-order valence-electron chi connectivity index (χ4n) is 1.49. The molecule has 1 heteroatoms. The van der Waals surface area contributed by atoms with Gasteiger partial charge < -0.3 is 0 Å². The van der Waals surface area contributed by atoms with E-state index in [9.17, 15) is 0 Å². The van der Waals surface area contributed by atoms with Gasteiger partial charge in [-0.1, -0.05) is 70.5 Å². The average molecular weight is 259 g/mol. The van der Waals surface area contributed by atoms with Crippen LogP contribution in [0.5, 0.6) is 0 Å². The topological polar surface area (TPSA) is 0 Å². The molecule has 0 radical (unpaired) electrons. The molecular formula is C14H11Br. The second-order valence-corrected chi connectivity index (χ2v) is 3.81. The van der Waals surface area contributed by atoms with Gasteiger partial charge in [-0.05, 0) is 27.8 Å². The minimum atomic E-state index is 1.20. The third-order valence-corrected chi connectivity index (χ3v) is 2.54. The van der Waals surface area contributed by atoms with E-state index in [1.165, 1.54) is 16.7 Å². The van der Waals surface area contributed by atoms with Gasteiger partial charge in [-0.25, -0.2) is 0 Å². The second-order valence-electron chi connectivity index (χ2n) is 3.28. The van der Waals surface area contributed by atoms with Crippen LogP contribution in [0.25, 0.3) is 17.2 Å². The number of halogens is 1. The Balaban J connectivity index is 2.32. The highest BCUT2D eigenvalue weighted by molar-refractivity contribution is 9.11. The zero-order valence-corrected chi connectivity index (χ0v) is 9.81. The van der Waals surface area contributed by atoms with Crippen LogP contribution < -0.4 is 0 Å². The van der Waals surface area contributed by atoms with Crippen LogP contribution in [0.3, 0.4) is 0 Å². The lowest BCUT2D eigenvalue weighted by molar-refractivity contribution is 1.60. The van der Waals surface area contributed by atoms with E-state index in [1.54, 1.807) is 0 Å². The molecule has 0 amide bonds. The molecule has 0 saturated carbocycles. The number of rotatable bonds is 2. The van der Waals surface area contributed by atoms with Crippen LogP contribution in [0.2, 0.25) is 0 Å². The Morgan fingerprint density at radius 2 is 1.33 bits per heavy atom. The standard InChI is InChI=1S/C14H11Br/c15-11-10-12-6-8-14(9-7-12)13-4-2-1-3-5-13/h1-11H/b11-10+. The summed E-state index contributed by atoms with van der Waals surface area (Å²) < 4.78 is 0. The molecular weight excluding hydrogens is 248 g/mol. The molecule has 0 aliphatic rings. The first kappa shape index (κ1) is 10.2. The molecule has 0 heterocycles. The zero-order chi connectivity index (χ0) is 10.5. The fraction of sp³-hybridized carbons (Fsp3) is 0. The van der Waals surface area contributed by atoms with Crippen LogP contribution in [0.1, 0.15) is 5.56 Å². The highest BCUT2D eigenvalue weighted by Gasteiger charge is 1.94. The van der Waals surface area contributed by atoms with E-state index in [0.29, 0.717) is 0 Å². The lowest BCUT2D eigenvalue weighted by atomic mass is 10.0. The van der Waals surface area contributed by atoms with E-state index in [-0.39, 0.29) is 0 Å². The van der Waals surface area contributed by atoms with Crippen molar-refractivity contribution >= 4 is 22.0 Å². The highest BCUT2D eigenvalue weighted by Crippen LogP contribution is 2.19. The van der Waals surface area contributed by atoms with E-state index >= 15 is 0 Å². The van der Waals surface area contributed by atoms with E-state index < -0.39 is 0 Å². The fourth-order valence-corrected chi connectivity index (χ4v) is 1.80. The van der Waals surface area contributed by atoms with Crippen molar-refractivity contribution < 1.29 is 0 Å². The van der Waals surface area contributed by atoms with Gasteiger partial charge in [-0.2, -0.15) is 0 Å². The maximum Gasteiger partial charge on any atom is -0.0183 e. The van der Waals surface area contributed by atoms with E-state index in [1.807, 2.05) is 17.1 Å². The molecule has 0 spiro atoms. The summed E-state index contributed by atoms with van der Waals surface area (Å²) >= 11 is 3.27. The van der Waals surface area contributed by atoms with E-state index in [0.717, 1.165) is 0 Å². The maximum atomic E-state index is 3.27. The molecule has 0 unspecified atom stereocenters. The number of hydrogen-bond acceptors (Lipinski definition) is 0. The van der Waals surface area contributed by atoms with Crippen LogP contribution in [0.15, 0.2) is 59.6 Å². The van der Waals surface area contributed by atoms with Gasteiger partial charge >= 0.3 is 0 Å². The summed E-state index contributed by atoms with van der Waals surface area (Å²) in [6.07, 6.45) is 2.02. The van der Waals surface area contributed by atoms with Gasteiger partial charge in [-0.15, -0.1) is 0 Å². The molecule has 0 fully saturated rings. The normalized spacial score (nSPS) is 10.7. The molecule has 74 valence electrons. The average Bonchev–Trinajstić information content (AvgIpc) is 2.32. The lowest BCUT2D eigenvalue weighted by Gasteiger charge is -2.01. The number of hydrogen-bond donors (Lipinski definition) is 0. The molecule has 2 aromatic carbocycles. The van der Waals surface area contributed by atoms with Gasteiger partial charge in [0.15, 0.2) is 0 Å². The minimum Gasteiger partial charge on any atom is -0.0622 e. The summed E-state index contributed by atoms with van der Waals surface area (Å²) in [7, 11) is 0. The second kappa shape index (κ2) is 4.94. The summed E-state index contributed by atoms with van der Waals surface area (Å²) in [6, 6.07) is 18.9. The first-order chi connectivity index (χ1) is 7.40. The summed E-state index contributed by atoms with van der Waals surface area (Å²) in [5, 5.41) is 0. The Hall–Kier alpha value is -1.34. The van der Waals surface area contributed by atoms with Crippen molar-refractivity contribution in [3.8, 4) is 11.1 Å². The molecule has 0 saturated heterocycles. The van der Waals surface area contributed by atoms with Crippen molar-refractivity contribution in [3.63, 3.8) is 0 Å². The molecule has 15 heavy (non-hydrogen) atoms. The van der Waals surface area contributed by atoms with Crippen LogP contribution in [0.4, 0.5) is 0 Å². The first-order valence-corrected chi connectivity index (χ1v) is 5.74. The molecule has 0 aliphatic heterocycles. The van der Waals surface area contributed by atoms with Gasteiger partial charge in [0.1, 0.15) is 0 Å². The van der Waals surface area contributed by atoms with Crippen molar-refractivity contribution in [2.24, 2.45) is 0 Å². The van der Waals surface area contributed by atoms with Crippen molar-refractivity contribution in [1.29, 1.82) is 0 Å². The van der Waals surface area contributed by atoms with Crippen molar-refractivity contribution in [3.05, 3.63) is 65.1 Å². The van der Waals surface area contributed by atoms with Gasteiger partial charge in [-0.3, -0.25) is 0 Å². The zero-order valence-electron chi connectivity index (χ0n) is 8.23. The highest BCUT2D eigenvalue weighted by atomic mass is 79.9. The van der Waals surface area contributed by atoms with Crippen LogP contribution >= 0.6 is 15.9 Å². The predicted molar refractivity (Wildman–Crippen MR) is 69.8 cm³/mol. The molecule has 0 N–H and O–H groups in total. The van der Waals surface area contributed by atoms with Gasteiger partial charge in [0, 0.05) is 0 Å². The largest absolute Gasteiger partial charge is 0.0622 e. The van der Waals surface area contributed by atoms with E-state index in [2.05, 4.69) is 64.5 Å². The monoisotopic (exact) mass is 258 g/mol. The third-order valence-electron chi connectivity index (χ3n) is 2.27. The first-order valence-electron chi connectivity index (χ1n) is 4.82. The summed E-state index contributed by atoms with van der Waals surface area (Å²) in [6.45, 7) is 0.